The molecule has 11 aromatic rings. The van der Waals surface area contributed by atoms with Crippen molar-refractivity contribution in [1.29, 1.82) is 0 Å². The quantitative estimate of drug-likeness (QED) is 0.179. The molecule has 5 heteroatoms. The van der Waals surface area contributed by atoms with Crippen molar-refractivity contribution in [2.45, 2.75) is 0 Å². The number of hydrogen-bond donors (Lipinski definition) is 0. The van der Waals surface area contributed by atoms with Crippen molar-refractivity contribution < 1.29 is 0 Å². The highest BCUT2D eigenvalue weighted by Gasteiger charge is 2.19. The molecule has 0 spiro atoms. The topological polar surface area (TPSA) is 43.6 Å². The maximum Gasteiger partial charge on any atom is 0.164 e. The van der Waals surface area contributed by atoms with Gasteiger partial charge >= 0.3 is 0 Å². The third-order valence-electron chi connectivity index (χ3n) is 10.4. The molecule has 8 aromatic carbocycles. The summed E-state index contributed by atoms with van der Waals surface area (Å²) >= 11 is 1.81. The lowest BCUT2D eigenvalue weighted by molar-refractivity contribution is 1.07. The molecule has 0 amide bonds. The third kappa shape index (κ3) is 5.01. The number of nitrogens with zero attached hydrogens (tertiary/aromatic N) is 4. The molecular formula is C49H30N4S. The van der Waals surface area contributed by atoms with E-state index in [0.29, 0.717) is 17.5 Å². The first kappa shape index (κ1) is 30.7. The van der Waals surface area contributed by atoms with Gasteiger partial charge in [-0.2, -0.15) is 0 Å². The minimum Gasteiger partial charge on any atom is -0.309 e. The second-order valence-corrected chi connectivity index (χ2v) is 14.7. The van der Waals surface area contributed by atoms with Crippen LogP contribution in [0.15, 0.2) is 182 Å². The van der Waals surface area contributed by atoms with Crippen LogP contribution in [0.2, 0.25) is 0 Å². The number of thiophene rings is 1. The van der Waals surface area contributed by atoms with Crippen molar-refractivity contribution in [3.05, 3.63) is 182 Å². The highest BCUT2D eigenvalue weighted by molar-refractivity contribution is 7.26. The van der Waals surface area contributed by atoms with E-state index in [1.807, 2.05) is 35.6 Å². The van der Waals surface area contributed by atoms with Gasteiger partial charge in [-0.15, -0.1) is 11.3 Å². The van der Waals surface area contributed by atoms with Crippen LogP contribution in [-0.2, 0) is 0 Å². The molecule has 252 valence electrons. The van der Waals surface area contributed by atoms with Crippen LogP contribution in [0.5, 0.6) is 0 Å². The number of fused-ring (bicyclic) bond motifs is 7. The SMILES string of the molecule is c1ccc(-c2cccc(-c3nc(-c4ccccc4)nc(-c4ccc5c(c4)sc4cccc(-n6c7ccccc7c7cc8ccccc8cc76)c45)n3)c2)cc1. The molecule has 4 nitrogen and oxygen atoms in total. The predicted octanol–water partition coefficient (Wildman–Crippen LogP) is 13.2. The Bertz CT molecular complexity index is 3220. The summed E-state index contributed by atoms with van der Waals surface area (Å²) < 4.78 is 4.88. The zero-order chi connectivity index (χ0) is 35.6. The molecule has 0 saturated heterocycles. The van der Waals surface area contributed by atoms with Crippen molar-refractivity contribution in [3.8, 4) is 51.0 Å². The first-order valence-electron chi connectivity index (χ1n) is 18.1. The molecule has 0 unspecified atom stereocenters. The third-order valence-corrected chi connectivity index (χ3v) is 11.5. The van der Waals surface area contributed by atoms with Crippen molar-refractivity contribution in [1.82, 2.24) is 19.5 Å². The summed E-state index contributed by atoms with van der Waals surface area (Å²) in [7, 11) is 0. The Hall–Kier alpha value is -6.95. The summed E-state index contributed by atoms with van der Waals surface area (Å²) in [6, 6.07) is 64.5. The monoisotopic (exact) mass is 706 g/mol. The van der Waals surface area contributed by atoms with Gasteiger partial charge in [0, 0.05) is 47.6 Å². The second kappa shape index (κ2) is 12.3. The molecule has 3 heterocycles. The van der Waals surface area contributed by atoms with Crippen LogP contribution in [0.3, 0.4) is 0 Å². The molecule has 3 aromatic heterocycles. The van der Waals surface area contributed by atoms with Gasteiger partial charge in [0.1, 0.15) is 0 Å². The number of benzene rings is 8. The van der Waals surface area contributed by atoms with Gasteiger partial charge < -0.3 is 4.57 Å². The molecule has 0 aliphatic rings. The predicted molar refractivity (Wildman–Crippen MR) is 226 cm³/mol. The molecular weight excluding hydrogens is 677 g/mol. The zero-order valence-corrected chi connectivity index (χ0v) is 29.8. The molecule has 0 fully saturated rings. The summed E-state index contributed by atoms with van der Waals surface area (Å²) in [5, 5.41) is 7.47. The Morgan fingerprint density at radius 3 is 1.76 bits per heavy atom. The summed E-state index contributed by atoms with van der Waals surface area (Å²) in [6.45, 7) is 0. The minimum absolute atomic E-state index is 0.647. The van der Waals surface area contributed by atoms with E-state index in [1.165, 1.54) is 58.4 Å². The molecule has 0 aliphatic heterocycles. The average molecular weight is 707 g/mol. The maximum absolute atomic E-state index is 5.12. The lowest BCUT2D eigenvalue weighted by atomic mass is 10.0. The molecule has 0 N–H and O–H groups in total. The van der Waals surface area contributed by atoms with E-state index in [4.69, 9.17) is 15.0 Å². The fourth-order valence-corrected chi connectivity index (χ4v) is 9.03. The van der Waals surface area contributed by atoms with E-state index in [-0.39, 0.29) is 0 Å². The Kier molecular flexibility index (Phi) is 7.00. The Balaban J connectivity index is 1.09. The van der Waals surface area contributed by atoms with Crippen LogP contribution in [-0.4, -0.2) is 19.5 Å². The molecule has 0 radical (unpaired) electrons. The van der Waals surface area contributed by atoms with E-state index < -0.39 is 0 Å². The van der Waals surface area contributed by atoms with Crippen LogP contribution < -0.4 is 0 Å². The van der Waals surface area contributed by atoms with Crippen molar-refractivity contribution >= 4 is 64.1 Å². The standard InChI is InChI=1S/C49H30N4S/c1-3-13-31(14-4-1)33-19-11-20-36(27-33)48-50-47(32-15-5-2-6-16-32)51-49(52-48)37-25-26-39-45(30-37)54-44-24-12-23-42(46(39)44)53-41-22-10-9-21-38(41)40-28-34-17-7-8-18-35(34)29-43(40)53/h1-30H. The first-order valence-corrected chi connectivity index (χ1v) is 18.9. The molecule has 0 saturated carbocycles. The van der Waals surface area contributed by atoms with E-state index in [9.17, 15) is 0 Å². The van der Waals surface area contributed by atoms with Crippen LogP contribution in [0.1, 0.15) is 0 Å². The van der Waals surface area contributed by atoms with Crippen LogP contribution in [0.4, 0.5) is 0 Å². The zero-order valence-electron chi connectivity index (χ0n) is 29.0. The van der Waals surface area contributed by atoms with Gasteiger partial charge in [0.05, 0.1) is 16.7 Å². The van der Waals surface area contributed by atoms with Crippen LogP contribution >= 0.6 is 11.3 Å². The summed E-state index contributed by atoms with van der Waals surface area (Å²) in [4.78, 5) is 15.2. The van der Waals surface area contributed by atoms with Crippen molar-refractivity contribution in [3.63, 3.8) is 0 Å². The lowest BCUT2D eigenvalue weighted by Crippen LogP contribution is -2.00. The van der Waals surface area contributed by atoms with Gasteiger partial charge in [0.2, 0.25) is 0 Å². The van der Waals surface area contributed by atoms with Crippen LogP contribution in [0.25, 0.3) is 104 Å². The van der Waals surface area contributed by atoms with E-state index in [0.717, 1.165) is 27.8 Å². The summed E-state index contributed by atoms with van der Waals surface area (Å²) in [6.07, 6.45) is 0. The normalized spacial score (nSPS) is 11.7. The van der Waals surface area contributed by atoms with Gasteiger partial charge in [0.15, 0.2) is 17.5 Å². The fourth-order valence-electron chi connectivity index (χ4n) is 7.87. The number of aromatic nitrogens is 4. The Morgan fingerprint density at radius 1 is 0.352 bits per heavy atom. The number of para-hydroxylation sites is 1. The Morgan fingerprint density at radius 2 is 0.963 bits per heavy atom. The summed E-state index contributed by atoms with van der Waals surface area (Å²) in [5.41, 5.74) is 8.72. The fraction of sp³-hybridized carbons (Fsp3) is 0. The van der Waals surface area contributed by atoms with Crippen molar-refractivity contribution in [2.24, 2.45) is 0 Å². The van der Waals surface area contributed by atoms with Gasteiger partial charge in [-0.1, -0.05) is 140 Å². The second-order valence-electron chi connectivity index (χ2n) is 13.7. The number of hydrogen-bond acceptors (Lipinski definition) is 4. The average Bonchev–Trinajstić information content (AvgIpc) is 3.78. The molecule has 0 aliphatic carbocycles. The van der Waals surface area contributed by atoms with Crippen LogP contribution in [0, 0.1) is 0 Å². The lowest BCUT2D eigenvalue weighted by Gasteiger charge is -2.11. The molecule has 54 heavy (non-hydrogen) atoms. The van der Waals surface area contributed by atoms with Gasteiger partial charge in [-0.25, -0.2) is 15.0 Å². The van der Waals surface area contributed by atoms with Gasteiger partial charge in [-0.3, -0.25) is 0 Å². The van der Waals surface area contributed by atoms with E-state index >= 15 is 0 Å². The minimum atomic E-state index is 0.647. The Labute approximate surface area is 315 Å². The number of rotatable bonds is 5. The van der Waals surface area contributed by atoms with Crippen molar-refractivity contribution in [2.75, 3.05) is 0 Å². The van der Waals surface area contributed by atoms with E-state index in [1.54, 1.807) is 0 Å². The van der Waals surface area contributed by atoms with Gasteiger partial charge in [-0.05, 0) is 64.4 Å². The highest BCUT2D eigenvalue weighted by Crippen LogP contribution is 2.43. The van der Waals surface area contributed by atoms with Gasteiger partial charge in [0.25, 0.3) is 0 Å². The largest absolute Gasteiger partial charge is 0.309 e. The maximum atomic E-state index is 5.12. The van der Waals surface area contributed by atoms with E-state index in [2.05, 4.69) is 162 Å². The molecule has 11 rings (SSSR count). The highest BCUT2D eigenvalue weighted by atomic mass is 32.1. The summed E-state index contributed by atoms with van der Waals surface area (Å²) in [5.74, 6) is 1.95. The molecule has 0 atom stereocenters. The smallest absolute Gasteiger partial charge is 0.164 e. The first-order chi connectivity index (χ1) is 26.7. The molecule has 0 bridgehead atoms.